The van der Waals surface area contributed by atoms with E-state index in [1.165, 1.54) is 4.57 Å². The number of carbonyl (C=O) groups is 1. The van der Waals surface area contributed by atoms with E-state index in [2.05, 4.69) is 5.32 Å². The second-order valence-electron chi connectivity index (χ2n) is 5.90. The third kappa shape index (κ3) is 3.28. The number of amides is 1. The maximum atomic E-state index is 12.5. The Morgan fingerprint density at radius 2 is 1.88 bits per heavy atom. The zero-order chi connectivity index (χ0) is 18.0. The lowest BCUT2D eigenvalue weighted by atomic mass is 10.2. The van der Waals surface area contributed by atoms with Gasteiger partial charge in [-0.05, 0) is 43.7 Å². The Labute approximate surface area is 145 Å². The van der Waals surface area contributed by atoms with Gasteiger partial charge in [-0.2, -0.15) is 0 Å². The summed E-state index contributed by atoms with van der Waals surface area (Å²) in [5.74, 6) is 0.351. The standard InChI is InChI=1S/C19H21N3O3/c1-4-25-17-11-13(2)9-10-14(17)20-18(23)12-22-16-8-6-5-7-15(16)21(3)19(22)24/h5-11H,4,12H2,1-3H3,(H,20,23). The summed E-state index contributed by atoms with van der Waals surface area (Å²) in [6, 6.07) is 13.0. The minimum atomic E-state index is -0.275. The Hall–Kier alpha value is -3.02. The molecule has 3 rings (SSSR count). The van der Waals surface area contributed by atoms with Gasteiger partial charge in [-0.15, -0.1) is 0 Å². The third-order valence-electron chi connectivity index (χ3n) is 4.06. The molecule has 0 aliphatic heterocycles. The third-order valence-corrected chi connectivity index (χ3v) is 4.06. The Kier molecular flexibility index (Phi) is 4.61. The number of carbonyl (C=O) groups excluding carboxylic acids is 1. The molecule has 2 aromatic carbocycles. The first-order valence-corrected chi connectivity index (χ1v) is 8.18. The number of aromatic nitrogens is 2. The van der Waals surface area contributed by atoms with E-state index in [0.29, 0.717) is 18.0 Å². The number of nitrogens with one attached hydrogen (secondary N) is 1. The van der Waals surface area contributed by atoms with Crippen LogP contribution in [0.1, 0.15) is 12.5 Å². The summed E-state index contributed by atoms with van der Waals surface area (Å²) in [6.07, 6.45) is 0. The molecule has 0 spiro atoms. The molecule has 1 aromatic heterocycles. The van der Waals surface area contributed by atoms with E-state index in [-0.39, 0.29) is 18.1 Å². The van der Waals surface area contributed by atoms with Gasteiger partial charge in [-0.1, -0.05) is 18.2 Å². The molecule has 0 atom stereocenters. The lowest BCUT2D eigenvalue weighted by molar-refractivity contribution is -0.116. The van der Waals surface area contributed by atoms with Crippen LogP contribution in [0.2, 0.25) is 0 Å². The molecule has 25 heavy (non-hydrogen) atoms. The molecule has 0 saturated heterocycles. The summed E-state index contributed by atoms with van der Waals surface area (Å²) >= 11 is 0. The van der Waals surface area contributed by atoms with Gasteiger partial charge in [-0.25, -0.2) is 4.79 Å². The van der Waals surface area contributed by atoms with Crippen LogP contribution in [-0.2, 0) is 18.4 Å². The van der Waals surface area contributed by atoms with Gasteiger partial charge in [0.2, 0.25) is 5.91 Å². The number of hydrogen-bond acceptors (Lipinski definition) is 3. The number of anilines is 1. The average molecular weight is 339 g/mol. The number of fused-ring (bicyclic) bond motifs is 1. The maximum absolute atomic E-state index is 12.5. The number of para-hydroxylation sites is 2. The van der Waals surface area contributed by atoms with E-state index < -0.39 is 0 Å². The number of rotatable bonds is 5. The molecule has 3 aromatic rings. The van der Waals surface area contributed by atoms with Gasteiger partial charge in [0, 0.05) is 7.05 Å². The topological polar surface area (TPSA) is 65.3 Å². The van der Waals surface area contributed by atoms with E-state index >= 15 is 0 Å². The Bertz CT molecular complexity index is 985. The molecule has 0 radical (unpaired) electrons. The highest BCUT2D eigenvalue weighted by Gasteiger charge is 2.14. The van der Waals surface area contributed by atoms with Gasteiger partial charge in [-0.3, -0.25) is 13.9 Å². The van der Waals surface area contributed by atoms with Crippen molar-refractivity contribution in [2.75, 3.05) is 11.9 Å². The van der Waals surface area contributed by atoms with E-state index in [4.69, 9.17) is 4.74 Å². The molecular weight excluding hydrogens is 318 g/mol. The van der Waals surface area contributed by atoms with Crippen LogP contribution in [0.15, 0.2) is 47.3 Å². The summed E-state index contributed by atoms with van der Waals surface area (Å²) in [4.78, 5) is 24.9. The molecule has 1 heterocycles. The van der Waals surface area contributed by atoms with Gasteiger partial charge in [0.1, 0.15) is 12.3 Å². The lowest BCUT2D eigenvalue weighted by Crippen LogP contribution is -2.28. The van der Waals surface area contributed by atoms with Crippen molar-refractivity contribution < 1.29 is 9.53 Å². The van der Waals surface area contributed by atoms with Gasteiger partial charge in [0.05, 0.1) is 23.3 Å². The fourth-order valence-corrected chi connectivity index (χ4v) is 2.86. The van der Waals surface area contributed by atoms with E-state index in [0.717, 1.165) is 16.6 Å². The molecule has 1 amide bonds. The number of imidazole rings is 1. The zero-order valence-electron chi connectivity index (χ0n) is 14.6. The van der Waals surface area contributed by atoms with Crippen LogP contribution in [-0.4, -0.2) is 21.6 Å². The molecule has 0 bridgehead atoms. The fourth-order valence-electron chi connectivity index (χ4n) is 2.86. The highest BCUT2D eigenvalue weighted by molar-refractivity contribution is 5.93. The smallest absolute Gasteiger partial charge is 0.329 e. The second kappa shape index (κ2) is 6.84. The molecule has 6 heteroatoms. The van der Waals surface area contributed by atoms with Crippen molar-refractivity contribution >= 4 is 22.6 Å². The van der Waals surface area contributed by atoms with Crippen LogP contribution in [0.4, 0.5) is 5.69 Å². The largest absolute Gasteiger partial charge is 0.492 e. The summed E-state index contributed by atoms with van der Waals surface area (Å²) in [6.45, 7) is 4.31. The first kappa shape index (κ1) is 16.8. The predicted octanol–water partition coefficient (Wildman–Crippen LogP) is 2.69. The Morgan fingerprint density at radius 3 is 2.60 bits per heavy atom. The minimum absolute atomic E-state index is 0.0559. The van der Waals surface area contributed by atoms with Crippen molar-refractivity contribution in [3.8, 4) is 5.75 Å². The van der Waals surface area contributed by atoms with Crippen molar-refractivity contribution in [3.05, 3.63) is 58.5 Å². The number of hydrogen-bond donors (Lipinski definition) is 1. The molecule has 0 fully saturated rings. The van der Waals surface area contributed by atoms with E-state index in [9.17, 15) is 9.59 Å². The minimum Gasteiger partial charge on any atom is -0.492 e. The molecule has 1 N–H and O–H groups in total. The maximum Gasteiger partial charge on any atom is 0.329 e. The van der Waals surface area contributed by atoms with Crippen LogP contribution in [0.5, 0.6) is 5.75 Å². The van der Waals surface area contributed by atoms with Crippen molar-refractivity contribution in [1.29, 1.82) is 0 Å². The fraction of sp³-hybridized carbons (Fsp3) is 0.263. The number of ether oxygens (including phenoxy) is 1. The normalized spacial score (nSPS) is 10.8. The van der Waals surface area contributed by atoms with E-state index in [1.807, 2.05) is 56.3 Å². The Morgan fingerprint density at radius 1 is 1.16 bits per heavy atom. The summed E-state index contributed by atoms with van der Waals surface area (Å²) < 4.78 is 8.59. The molecule has 0 saturated carbocycles. The monoisotopic (exact) mass is 339 g/mol. The van der Waals surface area contributed by atoms with Crippen LogP contribution in [0, 0.1) is 6.92 Å². The SMILES string of the molecule is CCOc1cc(C)ccc1NC(=O)Cn1c(=O)n(C)c2ccccc21. The summed E-state index contributed by atoms with van der Waals surface area (Å²) in [5.41, 5.74) is 2.97. The molecule has 0 aliphatic carbocycles. The molecule has 6 nitrogen and oxygen atoms in total. The van der Waals surface area contributed by atoms with Crippen molar-refractivity contribution in [1.82, 2.24) is 9.13 Å². The van der Waals surface area contributed by atoms with Crippen molar-refractivity contribution in [2.24, 2.45) is 7.05 Å². The van der Waals surface area contributed by atoms with Crippen LogP contribution >= 0.6 is 0 Å². The number of aryl methyl sites for hydroxylation is 2. The van der Waals surface area contributed by atoms with Gasteiger partial charge in [0.25, 0.3) is 0 Å². The molecule has 0 aliphatic rings. The van der Waals surface area contributed by atoms with Crippen LogP contribution in [0.3, 0.4) is 0 Å². The summed E-state index contributed by atoms with van der Waals surface area (Å²) in [5, 5.41) is 2.84. The molecule has 130 valence electrons. The summed E-state index contributed by atoms with van der Waals surface area (Å²) in [7, 11) is 1.70. The van der Waals surface area contributed by atoms with Crippen molar-refractivity contribution in [3.63, 3.8) is 0 Å². The van der Waals surface area contributed by atoms with Gasteiger partial charge in [0.15, 0.2) is 0 Å². The zero-order valence-corrected chi connectivity index (χ0v) is 14.6. The molecule has 0 unspecified atom stereocenters. The first-order chi connectivity index (χ1) is 12.0. The number of benzene rings is 2. The predicted molar refractivity (Wildman–Crippen MR) is 98.2 cm³/mol. The quantitative estimate of drug-likeness (QED) is 0.777. The average Bonchev–Trinajstić information content (AvgIpc) is 2.83. The molecular formula is C19H21N3O3. The Balaban J connectivity index is 1.87. The van der Waals surface area contributed by atoms with Crippen LogP contribution < -0.4 is 15.7 Å². The highest BCUT2D eigenvalue weighted by atomic mass is 16.5. The first-order valence-electron chi connectivity index (χ1n) is 8.18. The van der Waals surface area contributed by atoms with Crippen molar-refractivity contribution in [2.45, 2.75) is 20.4 Å². The second-order valence-corrected chi connectivity index (χ2v) is 5.90. The van der Waals surface area contributed by atoms with E-state index in [1.54, 1.807) is 11.6 Å². The number of nitrogens with zero attached hydrogens (tertiary/aromatic N) is 2. The van der Waals surface area contributed by atoms with Gasteiger partial charge >= 0.3 is 5.69 Å². The lowest BCUT2D eigenvalue weighted by Gasteiger charge is -2.12. The van der Waals surface area contributed by atoms with Gasteiger partial charge < -0.3 is 10.1 Å². The van der Waals surface area contributed by atoms with Crippen LogP contribution in [0.25, 0.3) is 11.0 Å². The highest BCUT2D eigenvalue weighted by Crippen LogP contribution is 2.25.